The first-order chi connectivity index (χ1) is 9.65. The summed E-state index contributed by atoms with van der Waals surface area (Å²) in [5, 5.41) is 0.837. The summed E-state index contributed by atoms with van der Waals surface area (Å²) in [6.45, 7) is 2.05. The summed E-state index contributed by atoms with van der Waals surface area (Å²) < 4.78 is 0. The third-order valence-electron chi connectivity index (χ3n) is 3.57. The van der Waals surface area contributed by atoms with E-state index in [-0.39, 0.29) is 6.04 Å². The van der Waals surface area contributed by atoms with Crippen molar-refractivity contribution in [3.05, 3.63) is 70.2 Å². The lowest BCUT2D eigenvalue weighted by Gasteiger charge is -2.13. The van der Waals surface area contributed by atoms with Crippen LogP contribution in [-0.4, -0.2) is 6.04 Å². The fraction of sp³-hybridized carbons (Fsp3) is 0.333. The van der Waals surface area contributed by atoms with Crippen LogP contribution in [0.1, 0.15) is 29.5 Å². The highest BCUT2D eigenvalue weighted by Crippen LogP contribution is 2.19. The van der Waals surface area contributed by atoms with Crippen molar-refractivity contribution in [2.24, 2.45) is 5.73 Å². The Balaban J connectivity index is 1.79. The normalized spacial score (nSPS) is 12.3. The van der Waals surface area contributed by atoms with E-state index in [1.807, 2.05) is 6.07 Å². The van der Waals surface area contributed by atoms with Gasteiger partial charge in [-0.3, -0.25) is 0 Å². The standard InChI is InChI=1S/C18H22ClN/c1-14-10-11-16(18(19)12-14)13-17(20)9-5-8-15-6-3-2-4-7-15/h2-4,6-7,10-12,17H,5,8-9,13,20H2,1H3. The molecule has 2 aromatic rings. The van der Waals surface area contributed by atoms with Crippen molar-refractivity contribution in [2.45, 2.75) is 38.6 Å². The second-order valence-electron chi connectivity index (χ2n) is 5.44. The fourth-order valence-corrected chi connectivity index (χ4v) is 2.73. The van der Waals surface area contributed by atoms with Crippen LogP contribution in [0.4, 0.5) is 0 Å². The molecule has 0 heterocycles. The summed E-state index contributed by atoms with van der Waals surface area (Å²) >= 11 is 6.25. The van der Waals surface area contributed by atoms with Gasteiger partial charge in [0.05, 0.1) is 0 Å². The summed E-state index contributed by atoms with van der Waals surface area (Å²) in [6.07, 6.45) is 4.10. The van der Waals surface area contributed by atoms with Crippen LogP contribution in [0.25, 0.3) is 0 Å². The number of rotatable bonds is 6. The Morgan fingerprint density at radius 2 is 1.85 bits per heavy atom. The van der Waals surface area contributed by atoms with Crippen LogP contribution < -0.4 is 5.73 Å². The Kier molecular flexibility index (Phi) is 5.63. The third kappa shape index (κ3) is 4.66. The molecular weight excluding hydrogens is 266 g/mol. The van der Waals surface area contributed by atoms with Gasteiger partial charge in [-0.2, -0.15) is 0 Å². The van der Waals surface area contributed by atoms with Crippen molar-refractivity contribution in [2.75, 3.05) is 0 Å². The second-order valence-corrected chi connectivity index (χ2v) is 5.84. The Morgan fingerprint density at radius 1 is 1.10 bits per heavy atom. The Morgan fingerprint density at radius 3 is 2.55 bits per heavy atom. The molecule has 20 heavy (non-hydrogen) atoms. The molecule has 1 unspecified atom stereocenters. The molecule has 0 aliphatic heterocycles. The SMILES string of the molecule is Cc1ccc(CC(N)CCCc2ccccc2)c(Cl)c1. The number of benzene rings is 2. The monoisotopic (exact) mass is 287 g/mol. The van der Waals surface area contributed by atoms with Gasteiger partial charge in [0.2, 0.25) is 0 Å². The average Bonchev–Trinajstić information content (AvgIpc) is 2.43. The first-order valence-electron chi connectivity index (χ1n) is 7.19. The van der Waals surface area contributed by atoms with Gasteiger partial charge in [-0.05, 0) is 55.4 Å². The molecular formula is C18H22ClN. The van der Waals surface area contributed by atoms with Crippen molar-refractivity contribution in [1.29, 1.82) is 0 Å². The van der Waals surface area contributed by atoms with E-state index in [0.29, 0.717) is 0 Å². The summed E-state index contributed by atoms with van der Waals surface area (Å²) in [6, 6.07) is 16.9. The van der Waals surface area contributed by atoms with Crippen molar-refractivity contribution in [3.63, 3.8) is 0 Å². The number of halogens is 1. The maximum atomic E-state index is 6.25. The quantitative estimate of drug-likeness (QED) is 0.829. The third-order valence-corrected chi connectivity index (χ3v) is 3.93. The van der Waals surface area contributed by atoms with Crippen molar-refractivity contribution >= 4 is 11.6 Å². The van der Waals surface area contributed by atoms with E-state index in [1.54, 1.807) is 0 Å². The number of hydrogen-bond donors (Lipinski definition) is 1. The molecule has 0 aromatic heterocycles. The molecule has 0 aliphatic rings. The van der Waals surface area contributed by atoms with Crippen molar-refractivity contribution in [3.8, 4) is 0 Å². The molecule has 2 N–H and O–H groups in total. The van der Waals surface area contributed by atoms with Gasteiger partial charge in [-0.1, -0.05) is 54.1 Å². The molecule has 2 rings (SSSR count). The number of hydrogen-bond acceptors (Lipinski definition) is 1. The lowest BCUT2D eigenvalue weighted by Crippen LogP contribution is -2.23. The van der Waals surface area contributed by atoms with Crippen LogP contribution in [0.2, 0.25) is 5.02 Å². The van der Waals surface area contributed by atoms with E-state index in [4.69, 9.17) is 17.3 Å². The predicted octanol–water partition coefficient (Wildman–Crippen LogP) is 4.54. The van der Waals surface area contributed by atoms with E-state index in [0.717, 1.165) is 36.3 Å². The highest BCUT2D eigenvalue weighted by atomic mass is 35.5. The first kappa shape index (κ1) is 15.1. The lowest BCUT2D eigenvalue weighted by molar-refractivity contribution is 0.580. The predicted molar refractivity (Wildman–Crippen MR) is 87.2 cm³/mol. The van der Waals surface area contributed by atoms with Gasteiger partial charge in [0, 0.05) is 11.1 Å². The molecule has 0 fully saturated rings. The minimum Gasteiger partial charge on any atom is -0.327 e. The van der Waals surface area contributed by atoms with E-state index in [1.165, 1.54) is 11.1 Å². The Labute approximate surface area is 126 Å². The van der Waals surface area contributed by atoms with Crippen LogP contribution in [0.5, 0.6) is 0 Å². The molecule has 2 heteroatoms. The van der Waals surface area contributed by atoms with Crippen molar-refractivity contribution < 1.29 is 0 Å². The Bertz CT molecular complexity index is 536. The highest BCUT2D eigenvalue weighted by Gasteiger charge is 2.07. The van der Waals surface area contributed by atoms with E-state index in [9.17, 15) is 0 Å². The van der Waals surface area contributed by atoms with Crippen molar-refractivity contribution in [1.82, 2.24) is 0 Å². The smallest absolute Gasteiger partial charge is 0.0441 e. The molecule has 2 aromatic carbocycles. The molecule has 0 spiro atoms. The van der Waals surface area contributed by atoms with Gasteiger partial charge in [-0.25, -0.2) is 0 Å². The summed E-state index contributed by atoms with van der Waals surface area (Å²) in [5.41, 5.74) is 9.95. The van der Waals surface area contributed by atoms with Crippen LogP contribution in [-0.2, 0) is 12.8 Å². The minimum atomic E-state index is 0.180. The molecule has 0 aliphatic carbocycles. The summed E-state index contributed by atoms with van der Waals surface area (Å²) in [4.78, 5) is 0. The summed E-state index contributed by atoms with van der Waals surface area (Å²) in [7, 11) is 0. The molecule has 0 amide bonds. The molecule has 0 bridgehead atoms. The van der Waals surface area contributed by atoms with E-state index >= 15 is 0 Å². The molecule has 0 saturated heterocycles. The molecule has 0 radical (unpaired) electrons. The maximum Gasteiger partial charge on any atom is 0.0441 e. The van der Waals surface area contributed by atoms with E-state index in [2.05, 4.69) is 49.4 Å². The van der Waals surface area contributed by atoms with Gasteiger partial charge in [0.15, 0.2) is 0 Å². The van der Waals surface area contributed by atoms with Crippen LogP contribution in [0, 0.1) is 6.92 Å². The first-order valence-corrected chi connectivity index (χ1v) is 7.57. The van der Waals surface area contributed by atoms with Gasteiger partial charge in [-0.15, -0.1) is 0 Å². The molecule has 0 saturated carbocycles. The molecule has 106 valence electrons. The fourth-order valence-electron chi connectivity index (χ4n) is 2.42. The maximum absolute atomic E-state index is 6.25. The van der Waals surface area contributed by atoms with Gasteiger partial charge in [0.1, 0.15) is 0 Å². The number of nitrogens with two attached hydrogens (primary N) is 1. The Hall–Kier alpha value is -1.31. The van der Waals surface area contributed by atoms with Gasteiger partial charge >= 0.3 is 0 Å². The van der Waals surface area contributed by atoms with Gasteiger partial charge in [0.25, 0.3) is 0 Å². The highest BCUT2D eigenvalue weighted by molar-refractivity contribution is 6.31. The zero-order valence-electron chi connectivity index (χ0n) is 12.0. The zero-order chi connectivity index (χ0) is 14.4. The number of aryl methyl sites for hydroxylation is 2. The molecule has 1 atom stereocenters. The van der Waals surface area contributed by atoms with Gasteiger partial charge < -0.3 is 5.73 Å². The zero-order valence-corrected chi connectivity index (χ0v) is 12.7. The van der Waals surface area contributed by atoms with Crippen LogP contribution >= 0.6 is 11.6 Å². The second kappa shape index (κ2) is 7.47. The largest absolute Gasteiger partial charge is 0.327 e. The topological polar surface area (TPSA) is 26.0 Å². The summed E-state index contributed by atoms with van der Waals surface area (Å²) in [5.74, 6) is 0. The molecule has 1 nitrogen and oxygen atoms in total. The van der Waals surface area contributed by atoms with E-state index < -0.39 is 0 Å². The lowest BCUT2D eigenvalue weighted by atomic mass is 9.99. The van der Waals surface area contributed by atoms with Crippen LogP contribution in [0.15, 0.2) is 48.5 Å². The minimum absolute atomic E-state index is 0.180. The van der Waals surface area contributed by atoms with Crippen LogP contribution in [0.3, 0.4) is 0 Å². The average molecular weight is 288 g/mol.